The van der Waals surface area contributed by atoms with Crippen molar-refractivity contribution >= 4 is 11.8 Å². The number of amides is 2. The molecule has 29 heavy (non-hydrogen) atoms. The third kappa shape index (κ3) is 4.98. The maximum Gasteiger partial charge on any atom is 0.273 e. The highest BCUT2D eigenvalue weighted by Gasteiger charge is 2.35. The maximum absolute atomic E-state index is 13.1. The first kappa shape index (κ1) is 20.3. The van der Waals surface area contributed by atoms with E-state index in [1.54, 1.807) is 13.0 Å². The Morgan fingerprint density at radius 3 is 2.55 bits per heavy atom. The first-order valence-electron chi connectivity index (χ1n) is 10.9. The van der Waals surface area contributed by atoms with Crippen LogP contribution in [0.3, 0.4) is 0 Å². The molecule has 0 radical (unpaired) electrons. The SMILES string of the molecule is Cc1cc(C(=O)N[C@H]2CC[C@@H](C(=O)N3CCCC3)CN(C3CCOCC3)C2)no1. The fourth-order valence-corrected chi connectivity index (χ4v) is 4.82. The van der Waals surface area contributed by atoms with Crippen molar-refractivity contribution in [2.45, 2.75) is 57.5 Å². The van der Waals surface area contributed by atoms with Gasteiger partial charge in [0.2, 0.25) is 5.91 Å². The van der Waals surface area contributed by atoms with Gasteiger partial charge in [0, 0.05) is 57.5 Å². The summed E-state index contributed by atoms with van der Waals surface area (Å²) in [5.41, 5.74) is 0.314. The zero-order valence-corrected chi connectivity index (χ0v) is 17.3. The number of ether oxygens (including phenoxy) is 1. The molecule has 160 valence electrons. The number of rotatable bonds is 4. The lowest BCUT2D eigenvalue weighted by atomic mass is 9.99. The van der Waals surface area contributed by atoms with E-state index in [0.29, 0.717) is 23.4 Å². The van der Waals surface area contributed by atoms with Crippen molar-refractivity contribution in [1.29, 1.82) is 0 Å². The first-order valence-corrected chi connectivity index (χ1v) is 10.9. The molecule has 1 aromatic rings. The Kier molecular flexibility index (Phi) is 6.50. The summed E-state index contributed by atoms with van der Waals surface area (Å²) in [6.07, 6.45) is 5.78. The van der Waals surface area contributed by atoms with E-state index in [0.717, 1.165) is 77.9 Å². The number of hydrogen-bond acceptors (Lipinski definition) is 6. The Bertz CT molecular complexity index is 709. The van der Waals surface area contributed by atoms with Crippen LogP contribution in [-0.4, -0.2) is 78.2 Å². The van der Waals surface area contributed by atoms with E-state index < -0.39 is 0 Å². The van der Waals surface area contributed by atoms with Gasteiger partial charge in [-0.3, -0.25) is 14.5 Å². The largest absolute Gasteiger partial charge is 0.381 e. The average Bonchev–Trinajstić information content (AvgIpc) is 3.37. The molecule has 3 aliphatic rings. The molecule has 0 aliphatic carbocycles. The summed E-state index contributed by atoms with van der Waals surface area (Å²) in [6.45, 7) is 6.61. The molecular weight excluding hydrogens is 372 g/mol. The number of likely N-dealkylation sites (tertiary alicyclic amines) is 2. The third-order valence-electron chi connectivity index (χ3n) is 6.44. The van der Waals surface area contributed by atoms with Crippen LogP contribution in [0.25, 0.3) is 0 Å². The highest BCUT2D eigenvalue weighted by atomic mass is 16.5. The van der Waals surface area contributed by atoms with Crippen LogP contribution in [0.1, 0.15) is 54.8 Å². The van der Waals surface area contributed by atoms with E-state index in [1.165, 1.54) is 0 Å². The second-order valence-electron chi connectivity index (χ2n) is 8.60. The van der Waals surface area contributed by atoms with Gasteiger partial charge < -0.3 is 19.5 Å². The molecule has 0 aromatic carbocycles. The highest BCUT2D eigenvalue weighted by Crippen LogP contribution is 2.25. The van der Waals surface area contributed by atoms with Crippen LogP contribution in [0.2, 0.25) is 0 Å². The monoisotopic (exact) mass is 404 g/mol. The molecule has 4 heterocycles. The van der Waals surface area contributed by atoms with E-state index in [9.17, 15) is 9.59 Å². The quantitative estimate of drug-likeness (QED) is 0.820. The molecule has 3 saturated heterocycles. The minimum Gasteiger partial charge on any atom is -0.381 e. The number of nitrogens with one attached hydrogen (secondary N) is 1. The van der Waals surface area contributed by atoms with Crippen LogP contribution < -0.4 is 5.32 Å². The normalized spacial score (nSPS) is 27.0. The molecule has 2 amide bonds. The van der Waals surface area contributed by atoms with Crippen molar-refractivity contribution in [3.05, 3.63) is 17.5 Å². The van der Waals surface area contributed by atoms with Gasteiger partial charge in [-0.2, -0.15) is 0 Å². The van der Waals surface area contributed by atoms with Crippen LogP contribution in [0.4, 0.5) is 0 Å². The summed E-state index contributed by atoms with van der Waals surface area (Å²) in [5, 5.41) is 6.96. The Morgan fingerprint density at radius 1 is 1.10 bits per heavy atom. The molecule has 0 unspecified atom stereocenters. The number of aryl methyl sites for hydroxylation is 1. The van der Waals surface area contributed by atoms with Crippen LogP contribution in [-0.2, 0) is 9.53 Å². The van der Waals surface area contributed by atoms with E-state index in [4.69, 9.17) is 9.26 Å². The fraction of sp³-hybridized carbons (Fsp3) is 0.762. The molecule has 0 saturated carbocycles. The van der Waals surface area contributed by atoms with Crippen LogP contribution >= 0.6 is 0 Å². The van der Waals surface area contributed by atoms with Gasteiger partial charge in [0.1, 0.15) is 5.76 Å². The van der Waals surface area contributed by atoms with E-state index >= 15 is 0 Å². The fourth-order valence-electron chi connectivity index (χ4n) is 4.82. The van der Waals surface area contributed by atoms with Crippen molar-refractivity contribution in [2.75, 3.05) is 39.4 Å². The van der Waals surface area contributed by atoms with Crippen LogP contribution in [0, 0.1) is 12.8 Å². The molecule has 8 heteroatoms. The summed E-state index contributed by atoms with van der Waals surface area (Å²) >= 11 is 0. The van der Waals surface area contributed by atoms with Crippen molar-refractivity contribution in [1.82, 2.24) is 20.3 Å². The zero-order chi connectivity index (χ0) is 20.2. The highest BCUT2D eigenvalue weighted by molar-refractivity contribution is 5.92. The minimum atomic E-state index is -0.205. The molecule has 1 aromatic heterocycles. The number of carbonyl (C=O) groups excluding carboxylic acids is 2. The lowest BCUT2D eigenvalue weighted by molar-refractivity contribution is -0.135. The van der Waals surface area contributed by atoms with E-state index in [2.05, 4.69) is 15.4 Å². The third-order valence-corrected chi connectivity index (χ3v) is 6.44. The maximum atomic E-state index is 13.1. The topological polar surface area (TPSA) is 87.9 Å². The molecule has 4 rings (SSSR count). The Hall–Kier alpha value is -1.93. The van der Waals surface area contributed by atoms with Crippen molar-refractivity contribution in [3.63, 3.8) is 0 Å². The average molecular weight is 405 g/mol. The van der Waals surface area contributed by atoms with Gasteiger partial charge in [0.15, 0.2) is 5.69 Å². The second-order valence-corrected chi connectivity index (χ2v) is 8.60. The molecule has 0 bridgehead atoms. The number of nitrogens with zero attached hydrogens (tertiary/aromatic N) is 3. The summed E-state index contributed by atoms with van der Waals surface area (Å²) in [7, 11) is 0. The van der Waals surface area contributed by atoms with Crippen LogP contribution in [0.15, 0.2) is 10.6 Å². The molecular formula is C21H32N4O4. The molecule has 8 nitrogen and oxygen atoms in total. The molecule has 2 atom stereocenters. The van der Waals surface area contributed by atoms with Gasteiger partial charge in [-0.15, -0.1) is 0 Å². The first-order chi connectivity index (χ1) is 14.1. The van der Waals surface area contributed by atoms with Crippen LogP contribution in [0.5, 0.6) is 0 Å². The van der Waals surface area contributed by atoms with E-state index in [1.807, 2.05) is 4.90 Å². The van der Waals surface area contributed by atoms with Gasteiger partial charge in [0.05, 0.1) is 5.92 Å². The zero-order valence-electron chi connectivity index (χ0n) is 17.3. The smallest absolute Gasteiger partial charge is 0.273 e. The predicted molar refractivity (Wildman–Crippen MR) is 106 cm³/mol. The summed E-state index contributed by atoms with van der Waals surface area (Å²) < 4.78 is 10.6. The molecule has 3 aliphatic heterocycles. The van der Waals surface area contributed by atoms with Gasteiger partial charge in [-0.1, -0.05) is 5.16 Å². The Balaban J connectivity index is 1.45. The minimum absolute atomic E-state index is 0.00118. The Labute approximate surface area is 171 Å². The van der Waals surface area contributed by atoms with Crippen molar-refractivity contribution < 1.29 is 18.8 Å². The van der Waals surface area contributed by atoms with Gasteiger partial charge in [-0.05, 0) is 45.4 Å². The summed E-state index contributed by atoms with van der Waals surface area (Å²) in [4.78, 5) is 30.2. The lowest BCUT2D eigenvalue weighted by Gasteiger charge is -2.36. The summed E-state index contributed by atoms with van der Waals surface area (Å²) in [5.74, 6) is 0.713. The number of carbonyl (C=O) groups is 2. The van der Waals surface area contributed by atoms with Crippen molar-refractivity contribution in [3.8, 4) is 0 Å². The van der Waals surface area contributed by atoms with Gasteiger partial charge >= 0.3 is 0 Å². The Morgan fingerprint density at radius 2 is 1.86 bits per heavy atom. The predicted octanol–water partition coefficient (Wildman–Crippen LogP) is 1.59. The molecule has 1 N–H and O–H groups in total. The van der Waals surface area contributed by atoms with Crippen molar-refractivity contribution in [2.24, 2.45) is 5.92 Å². The van der Waals surface area contributed by atoms with Gasteiger partial charge in [0.25, 0.3) is 5.91 Å². The van der Waals surface area contributed by atoms with E-state index in [-0.39, 0.29) is 17.9 Å². The lowest BCUT2D eigenvalue weighted by Crippen LogP contribution is -2.49. The molecule has 3 fully saturated rings. The number of aromatic nitrogens is 1. The molecule has 0 spiro atoms. The second kappa shape index (κ2) is 9.26. The standard InChI is InChI=1S/C21H32N4O4/c1-15-12-19(23-29-15)20(26)22-17-5-4-16(21(27)24-8-2-3-9-24)13-25(14-17)18-6-10-28-11-7-18/h12,16-18H,2-11,13-14H2,1H3,(H,22,26)/t16-,17+/m1/s1. The summed E-state index contributed by atoms with van der Waals surface area (Å²) in [6, 6.07) is 2.06. The number of hydrogen-bond donors (Lipinski definition) is 1. The van der Waals surface area contributed by atoms with Gasteiger partial charge in [-0.25, -0.2) is 0 Å².